The molecule has 0 saturated heterocycles. The maximum Gasteiger partial charge on any atom is 0.146 e. The molecule has 0 amide bonds. The van der Waals surface area contributed by atoms with Crippen LogP contribution in [0.1, 0.15) is 24.7 Å². The number of H-pyrrole nitrogens is 1. The maximum atomic E-state index is 5.72. The summed E-state index contributed by atoms with van der Waals surface area (Å²) >= 11 is 0. The monoisotopic (exact) mass is 268 g/mol. The van der Waals surface area contributed by atoms with Crippen LogP contribution >= 0.6 is 0 Å². The fraction of sp³-hybridized carbons (Fsp3) is 0.235. The second-order valence-corrected chi connectivity index (χ2v) is 4.60. The molecule has 104 valence electrons. The lowest BCUT2D eigenvalue weighted by Gasteiger charge is -2.03. The van der Waals surface area contributed by atoms with Gasteiger partial charge in [-0.05, 0) is 32.4 Å². The predicted molar refractivity (Wildman–Crippen MR) is 82.8 cm³/mol. The van der Waals surface area contributed by atoms with Crippen molar-refractivity contribution in [3.05, 3.63) is 59.0 Å². The number of aryl methyl sites for hydroxylation is 1. The Bertz CT molecular complexity index is 681. The Labute approximate surface area is 119 Å². The summed E-state index contributed by atoms with van der Waals surface area (Å²) in [5, 5.41) is 1.98. The van der Waals surface area contributed by atoms with E-state index in [1.807, 2.05) is 43.3 Å². The fourth-order valence-corrected chi connectivity index (χ4v) is 1.88. The number of imidazole rings is 1. The van der Waals surface area contributed by atoms with Gasteiger partial charge < -0.3 is 9.72 Å². The molecular weight excluding hydrogens is 248 g/mol. The molecule has 0 fully saturated rings. The van der Waals surface area contributed by atoms with Gasteiger partial charge in [-0.2, -0.15) is 0 Å². The van der Waals surface area contributed by atoms with Gasteiger partial charge in [0.25, 0.3) is 0 Å². The van der Waals surface area contributed by atoms with Crippen molar-refractivity contribution in [3.8, 4) is 5.75 Å². The van der Waals surface area contributed by atoms with E-state index < -0.39 is 0 Å². The first-order valence-electron chi connectivity index (χ1n) is 6.74. The van der Waals surface area contributed by atoms with E-state index in [1.165, 1.54) is 5.56 Å². The highest BCUT2D eigenvalue weighted by molar-refractivity contribution is 5.27. The molecule has 0 aliphatic rings. The van der Waals surface area contributed by atoms with Gasteiger partial charge in [0.05, 0.1) is 10.7 Å². The number of allylic oxidation sites excluding steroid dienone is 1. The van der Waals surface area contributed by atoms with Crippen LogP contribution in [-0.2, 0) is 6.61 Å². The van der Waals surface area contributed by atoms with Crippen molar-refractivity contribution in [3.63, 3.8) is 0 Å². The number of nitrogens with one attached hydrogen (secondary N) is 1. The van der Waals surface area contributed by atoms with Gasteiger partial charge in [-0.15, -0.1) is 6.58 Å². The SMILES string of the molecule is C=CC/C=c1/[nH]c(COc2ccc(C)cc2)n/c1=C/C. The number of aromatic nitrogens is 2. The van der Waals surface area contributed by atoms with Crippen LogP contribution in [0.25, 0.3) is 12.2 Å². The summed E-state index contributed by atoms with van der Waals surface area (Å²) in [6, 6.07) is 8.00. The van der Waals surface area contributed by atoms with E-state index in [0.717, 1.165) is 28.7 Å². The van der Waals surface area contributed by atoms with E-state index in [9.17, 15) is 0 Å². The molecule has 1 aromatic heterocycles. The minimum atomic E-state index is 0.436. The summed E-state index contributed by atoms with van der Waals surface area (Å²) < 4.78 is 5.72. The van der Waals surface area contributed by atoms with Crippen LogP contribution in [0.3, 0.4) is 0 Å². The van der Waals surface area contributed by atoms with Crippen molar-refractivity contribution in [2.45, 2.75) is 26.9 Å². The molecule has 3 heteroatoms. The quantitative estimate of drug-likeness (QED) is 0.846. The van der Waals surface area contributed by atoms with Crippen molar-refractivity contribution in [1.82, 2.24) is 9.97 Å². The molecule has 2 aromatic rings. The van der Waals surface area contributed by atoms with Crippen LogP contribution in [0, 0.1) is 6.92 Å². The van der Waals surface area contributed by atoms with E-state index in [4.69, 9.17) is 4.74 Å². The van der Waals surface area contributed by atoms with E-state index >= 15 is 0 Å². The smallest absolute Gasteiger partial charge is 0.146 e. The Hall–Kier alpha value is -2.29. The molecule has 3 nitrogen and oxygen atoms in total. The van der Waals surface area contributed by atoms with Gasteiger partial charge in [-0.1, -0.05) is 35.9 Å². The molecule has 2 rings (SSSR count). The van der Waals surface area contributed by atoms with Crippen molar-refractivity contribution in [1.29, 1.82) is 0 Å². The highest BCUT2D eigenvalue weighted by Crippen LogP contribution is 2.12. The number of ether oxygens (including phenoxy) is 1. The van der Waals surface area contributed by atoms with Crippen molar-refractivity contribution in [2.75, 3.05) is 0 Å². The average Bonchev–Trinajstić information content (AvgIpc) is 2.87. The molecule has 0 bridgehead atoms. The minimum absolute atomic E-state index is 0.436. The fourth-order valence-electron chi connectivity index (χ4n) is 1.88. The highest BCUT2D eigenvalue weighted by atomic mass is 16.5. The number of hydrogen-bond acceptors (Lipinski definition) is 2. The van der Waals surface area contributed by atoms with E-state index in [1.54, 1.807) is 0 Å². The first kappa shape index (κ1) is 14.1. The third kappa shape index (κ3) is 3.60. The molecule has 20 heavy (non-hydrogen) atoms. The molecular formula is C17H20N2O. The first-order valence-corrected chi connectivity index (χ1v) is 6.74. The number of nitrogens with zero attached hydrogens (tertiary/aromatic N) is 1. The topological polar surface area (TPSA) is 37.9 Å². The normalized spacial score (nSPS) is 12.7. The van der Waals surface area contributed by atoms with Gasteiger partial charge in [0.15, 0.2) is 0 Å². The van der Waals surface area contributed by atoms with Gasteiger partial charge in [-0.25, -0.2) is 4.98 Å². The molecule has 0 aliphatic carbocycles. The van der Waals surface area contributed by atoms with Gasteiger partial charge in [0.1, 0.15) is 18.2 Å². The Morgan fingerprint density at radius 2 is 2.05 bits per heavy atom. The Kier molecular flexibility index (Phi) is 4.77. The molecule has 0 radical (unpaired) electrons. The molecule has 0 atom stereocenters. The Morgan fingerprint density at radius 3 is 2.70 bits per heavy atom. The number of benzene rings is 1. The summed E-state index contributed by atoms with van der Waals surface area (Å²) in [7, 11) is 0. The summed E-state index contributed by atoms with van der Waals surface area (Å²) in [5.74, 6) is 1.68. The zero-order valence-electron chi connectivity index (χ0n) is 12.0. The summed E-state index contributed by atoms with van der Waals surface area (Å²) in [4.78, 5) is 7.79. The number of aromatic amines is 1. The van der Waals surface area contributed by atoms with Gasteiger partial charge in [0, 0.05) is 0 Å². The summed E-state index contributed by atoms with van der Waals surface area (Å²) in [6.07, 6.45) is 6.75. The van der Waals surface area contributed by atoms with E-state index in [2.05, 4.69) is 29.5 Å². The molecule has 0 unspecified atom stereocenters. The summed E-state index contributed by atoms with van der Waals surface area (Å²) in [5.41, 5.74) is 1.22. The van der Waals surface area contributed by atoms with Crippen molar-refractivity contribution >= 4 is 12.2 Å². The largest absolute Gasteiger partial charge is 0.486 e. The second-order valence-electron chi connectivity index (χ2n) is 4.60. The third-order valence-corrected chi connectivity index (χ3v) is 2.97. The first-order chi connectivity index (χ1) is 9.72. The molecule has 1 heterocycles. The lowest BCUT2D eigenvalue weighted by Crippen LogP contribution is -2.23. The molecule has 0 aliphatic heterocycles. The number of rotatable bonds is 5. The highest BCUT2D eigenvalue weighted by Gasteiger charge is 2.00. The van der Waals surface area contributed by atoms with E-state index in [-0.39, 0.29) is 0 Å². The minimum Gasteiger partial charge on any atom is -0.486 e. The molecule has 0 saturated carbocycles. The lowest BCUT2D eigenvalue weighted by atomic mass is 10.2. The summed E-state index contributed by atoms with van der Waals surface area (Å²) in [6.45, 7) is 8.19. The van der Waals surface area contributed by atoms with Crippen LogP contribution in [-0.4, -0.2) is 9.97 Å². The van der Waals surface area contributed by atoms with Crippen LogP contribution < -0.4 is 15.4 Å². The van der Waals surface area contributed by atoms with Gasteiger partial charge in [0.2, 0.25) is 0 Å². The third-order valence-electron chi connectivity index (χ3n) is 2.97. The second kappa shape index (κ2) is 6.75. The Morgan fingerprint density at radius 1 is 1.30 bits per heavy atom. The van der Waals surface area contributed by atoms with Crippen LogP contribution in [0.2, 0.25) is 0 Å². The average molecular weight is 268 g/mol. The van der Waals surface area contributed by atoms with E-state index in [0.29, 0.717) is 6.61 Å². The van der Waals surface area contributed by atoms with Crippen LogP contribution in [0.5, 0.6) is 5.75 Å². The zero-order chi connectivity index (χ0) is 14.4. The zero-order valence-corrected chi connectivity index (χ0v) is 12.0. The van der Waals surface area contributed by atoms with Crippen LogP contribution in [0.15, 0.2) is 36.9 Å². The van der Waals surface area contributed by atoms with Crippen LogP contribution in [0.4, 0.5) is 0 Å². The predicted octanol–water partition coefficient (Wildman–Crippen LogP) is 2.45. The standard InChI is InChI=1S/C17H20N2O/c1-4-6-7-16-15(5-2)18-17(19-16)12-20-14-10-8-13(3)9-11-14/h4-5,7-11H,1,6,12H2,2-3H3,(H,18,19)/b15-5+,16-7+. The molecule has 1 aromatic carbocycles. The molecule has 0 spiro atoms. The maximum absolute atomic E-state index is 5.72. The lowest BCUT2D eigenvalue weighted by molar-refractivity contribution is 0.297. The Balaban J connectivity index is 2.12. The van der Waals surface area contributed by atoms with Crippen molar-refractivity contribution in [2.24, 2.45) is 0 Å². The van der Waals surface area contributed by atoms with Gasteiger partial charge in [-0.3, -0.25) is 0 Å². The number of hydrogen-bond donors (Lipinski definition) is 1. The molecule has 1 N–H and O–H groups in total. The van der Waals surface area contributed by atoms with Gasteiger partial charge >= 0.3 is 0 Å². The van der Waals surface area contributed by atoms with Crippen molar-refractivity contribution < 1.29 is 4.74 Å².